The lowest BCUT2D eigenvalue weighted by Gasteiger charge is -2.17. The Bertz CT molecular complexity index is 595. The first kappa shape index (κ1) is 15.3. The Balaban J connectivity index is 2.03. The number of carboxylic acid groups (broad SMARTS) is 1. The van der Waals surface area contributed by atoms with Crippen LogP contribution < -0.4 is 5.32 Å². The monoisotopic (exact) mass is 303 g/mol. The molecular formula is C16H17NO3S. The highest BCUT2D eigenvalue weighted by atomic mass is 32.1. The van der Waals surface area contributed by atoms with Gasteiger partial charge in [0.15, 0.2) is 0 Å². The second-order valence-electron chi connectivity index (χ2n) is 4.87. The van der Waals surface area contributed by atoms with Crippen LogP contribution in [0.15, 0.2) is 47.2 Å². The molecule has 1 aromatic carbocycles. The molecule has 4 nitrogen and oxygen atoms in total. The zero-order valence-corrected chi connectivity index (χ0v) is 12.5. The van der Waals surface area contributed by atoms with Gasteiger partial charge in [-0.2, -0.15) is 11.3 Å². The number of carbonyl (C=O) groups is 2. The maximum atomic E-state index is 12.2. The van der Waals surface area contributed by atoms with Gasteiger partial charge in [-0.25, -0.2) is 4.79 Å². The number of hydrogen-bond donors (Lipinski definition) is 2. The highest BCUT2D eigenvalue weighted by Crippen LogP contribution is 2.18. The predicted octanol–water partition coefficient (Wildman–Crippen LogP) is 2.66. The van der Waals surface area contributed by atoms with Crippen LogP contribution in [0.25, 0.3) is 0 Å². The highest BCUT2D eigenvalue weighted by Gasteiger charge is 2.24. The lowest BCUT2D eigenvalue weighted by molar-refractivity contribution is -0.141. The van der Waals surface area contributed by atoms with Crippen LogP contribution in [0.5, 0.6) is 0 Å². The van der Waals surface area contributed by atoms with Gasteiger partial charge in [0.25, 0.3) is 0 Å². The summed E-state index contributed by atoms with van der Waals surface area (Å²) in [5.74, 6) is -1.64. The summed E-state index contributed by atoms with van der Waals surface area (Å²) >= 11 is 1.52. The van der Waals surface area contributed by atoms with E-state index in [2.05, 4.69) is 5.32 Å². The largest absolute Gasteiger partial charge is 0.480 e. The fourth-order valence-corrected chi connectivity index (χ4v) is 2.77. The lowest BCUT2D eigenvalue weighted by Crippen LogP contribution is -2.43. The molecule has 0 spiro atoms. The Hall–Kier alpha value is -2.14. The Kier molecular flexibility index (Phi) is 5.11. The van der Waals surface area contributed by atoms with E-state index in [4.69, 9.17) is 0 Å². The molecule has 0 aliphatic carbocycles. The molecule has 1 aromatic heterocycles. The van der Waals surface area contributed by atoms with Crippen molar-refractivity contribution in [3.8, 4) is 0 Å². The number of thiophene rings is 1. The number of carboxylic acids is 1. The van der Waals surface area contributed by atoms with Crippen molar-refractivity contribution >= 4 is 23.2 Å². The normalized spacial score (nSPS) is 13.4. The summed E-state index contributed by atoms with van der Waals surface area (Å²) in [6.45, 7) is 1.78. The van der Waals surface area contributed by atoms with Gasteiger partial charge >= 0.3 is 5.97 Å². The van der Waals surface area contributed by atoms with Gasteiger partial charge in [0, 0.05) is 6.42 Å². The molecule has 2 atom stereocenters. The standard InChI is InChI=1S/C16H17NO3S/c1-11(13-7-8-21-10-13)15(18)17-14(16(19)20)9-12-5-3-2-4-6-12/h2-8,10-11,14H,9H2,1H3,(H,17,18)(H,19,20)/t11-,14-/m0/s1. The van der Waals surface area contributed by atoms with Gasteiger partial charge in [-0.3, -0.25) is 4.79 Å². The summed E-state index contributed by atoms with van der Waals surface area (Å²) in [6.07, 6.45) is 0.276. The molecule has 0 unspecified atom stereocenters. The van der Waals surface area contributed by atoms with E-state index in [1.807, 2.05) is 47.2 Å². The SMILES string of the molecule is C[C@H](C(=O)N[C@@H](Cc1ccccc1)C(=O)O)c1ccsc1. The minimum Gasteiger partial charge on any atom is -0.480 e. The average Bonchev–Trinajstić information content (AvgIpc) is 3.00. The Labute approximate surface area is 127 Å². The smallest absolute Gasteiger partial charge is 0.326 e. The first-order valence-corrected chi connectivity index (χ1v) is 7.61. The first-order chi connectivity index (χ1) is 10.1. The van der Waals surface area contributed by atoms with Gasteiger partial charge in [0.2, 0.25) is 5.91 Å². The predicted molar refractivity (Wildman–Crippen MR) is 82.4 cm³/mol. The highest BCUT2D eigenvalue weighted by molar-refractivity contribution is 7.08. The van der Waals surface area contributed by atoms with Gasteiger partial charge < -0.3 is 10.4 Å². The Morgan fingerprint density at radius 2 is 1.95 bits per heavy atom. The summed E-state index contributed by atoms with van der Waals surface area (Å²) in [5.41, 5.74) is 1.79. The van der Waals surface area contributed by atoms with Crippen molar-refractivity contribution in [3.05, 3.63) is 58.3 Å². The summed E-state index contributed by atoms with van der Waals surface area (Å²) in [7, 11) is 0. The molecule has 0 radical (unpaired) electrons. The van der Waals surface area contributed by atoms with Gasteiger partial charge in [-0.05, 0) is 34.9 Å². The van der Waals surface area contributed by atoms with Crippen molar-refractivity contribution < 1.29 is 14.7 Å². The van der Waals surface area contributed by atoms with E-state index in [0.29, 0.717) is 0 Å². The minimum absolute atomic E-state index is 0.267. The zero-order valence-electron chi connectivity index (χ0n) is 11.7. The zero-order chi connectivity index (χ0) is 15.2. The van der Waals surface area contributed by atoms with Crippen LogP contribution in [0.3, 0.4) is 0 Å². The lowest BCUT2D eigenvalue weighted by atomic mass is 10.0. The number of rotatable bonds is 6. The van der Waals surface area contributed by atoms with E-state index in [0.717, 1.165) is 11.1 Å². The van der Waals surface area contributed by atoms with Gasteiger partial charge in [-0.1, -0.05) is 30.3 Å². The van der Waals surface area contributed by atoms with Crippen LogP contribution in [-0.4, -0.2) is 23.0 Å². The van der Waals surface area contributed by atoms with E-state index in [-0.39, 0.29) is 18.2 Å². The van der Waals surface area contributed by atoms with Crippen LogP contribution in [0.4, 0.5) is 0 Å². The van der Waals surface area contributed by atoms with E-state index in [1.54, 1.807) is 6.92 Å². The summed E-state index contributed by atoms with van der Waals surface area (Å²) in [5, 5.41) is 15.7. The number of amides is 1. The molecular weight excluding hydrogens is 286 g/mol. The quantitative estimate of drug-likeness (QED) is 0.862. The third-order valence-corrected chi connectivity index (χ3v) is 4.04. The molecule has 1 heterocycles. The summed E-state index contributed by atoms with van der Waals surface area (Å²) in [4.78, 5) is 23.5. The topological polar surface area (TPSA) is 66.4 Å². The van der Waals surface area contributed by atoms with Crippen LogP contribution in [-0.2, 0) is 16.0 Å². The van der Waals surface area contributed by atoms with E-state index >= 15 is 0 Å². The average molecular weight is 303 g/mol. The van der Waals surface area contributed by atoms with E-state index in [1.165, 1.54) is 11.3 Å². The van der Waals surface area contributed by atoms with Crippen molar-refractivity contribution in [2.45, 2.75) is 25.3 Å². The molecule has 0 fully saturated rings. The summed E-state index contributed by atoms with van der Waals surface area (Å²) < 4.78 is 0. The molecule has 5 heteroatoms. The van der Waals surface area contributed by atoms with Gasteiger partial charge in [-0.15, -0.1) is 0 Å². The number of aliphatic carboxylic acids is 1. The molecule has 21 heavy (non-hydrogen) atoms. The molecule has 0 bridgehead atoms. The number of nitrogens with one attached hydrogen (secondary N) is 1. The molecule has 0 aliphatic heterocycles. The fourth-order valence-electron chi connectivity index (χ4n) is 2.02. The molecule has 2 rings (SSSR count). The van der Waals surface area contributed by atoms with Crippen molar-refractivity contribution in [1.82, 2.24) is 5.32 Å². The molecule has 1 amide bonds. The van der Waals surface area contributed by atoms with Crippen molar-refractivity contribution in [2.24, 2.45) is 0 Å². The maximum absolute atomic E-state index is 12.2. The third-order valence-electron chi connectivity index (χ3n) is 3.33. The molecule has 0 saturated heterocycles. The molecule has 0 saturated carbocycles. The van der Waals surface area contributed by atoms with Crippen LogP contribution in [0.1, 0.15) is 24.0 Å². The maximum Gasteiger partial charge on any atom is 0.326 e. The van der Waals surface area contributed by atoms with Crippen LogP contribution in [0.2, 0.25) is 0 Å². The number of carbonyl (C=O) groups excluding carboxylic acids is 1. The number of hydrogen-bond acceptors (Lipinski definition) is 3. The third kappa shape index (κ3) is 4.16. The Morgan fingerprint density at radius 1 is 1.24 bits per heavy atom. The van der Waals surface area contributed by atoms with E-state index in [9.17, 15) is 14.7 Å². The number of benzene rings is 1. The fraction of sp³-hybridized carbons (Fsp3) is 0.250. The van der Waals surface area contributed by atoms with Crippen LogP contribution >= 0.6 is 11.3 Å². The molecule has 110 valence electrons. The summed E-state index contributed by atoms with van der Waals surface area (Å²) in [6, 6.07) is 10.2. The second-order valence-corrected chi connectivity index (χ2v) is 5.65. The van der Waals surface area contributed by atoms with Crippen molar-refractivity contribution in [3.63, 3.8) is 0 Å². The minimum atomic E-state index is -1.02. The van der Waals surface area contributed by atoms with Crippen molar-refractivity contribution in [2.75, 3.05) is 0 Å². The Morgan fingerprint density at radius 3 is 2.52 bits per heavy atom. The van der Waals surface area contributed by atoms with Gasteiger partial charge in [0.1, 0.15) is 6.04 Å². The van der Waals surface area contributed by atoms with Crippen molar-refractivity contribution in [1.29, 1.82) is 0 Å². The molecule has 2 aromatic rings. The van der Waals surface area contributed by atoms with E-state index < -0.39 is 12.0 Å². The molecule has 0 aliphatic rings. The van der Waals surface area contributed by atoms with Crippen LogP contribution in [0, 0.1) is 0 Å². The molecule has 2 N–H and O–H groups in total. The van der Waals surface area contributed by atoms with Gasteiger partial charge in [0.05, 0.1) is 5.92 Å². The second kappa shape index (κ2) is 7.04. The first-order valence-electron chi connectivity index (χ1n) is 6.67.